The summed E-state index contributed by atoms with van der Waals surface area (Å²) in [7, 11) is -4.12. The summed E-state index contributed by atoms with van der Waals surface area (Å²) in [4.78, 5) is -0.536. The first-order valence-electron chi connectivity index (χ1n) is 5.80. The van der Waals surface area contributed by atoms with E-state index < -0.39 is 20.7 Å². The van der Waals surface area contributed by atoms with Gasteiger partial charge in [0.1, 0.15) is 10.7 Å². The number of nitrogens with two attached hydrogens (primary N) is 1. The summed E-state index contributed by atoms with van der Waals surface area (Å²) in [5, 5.41) is 0.101. The van der Waals surface area contributed by atoms with E-state index in [1.54, 1.807) is 24.3 Å². The first-order chi connectivity index (χ1) is 9.85. The van der Waals surface area contributed by atoms with Crippen molar-refractivity contribution in [2.24, 2.45) is 5.73 Å². The summed E-state index contributed by atoms with van der Waals surface area (Å²) in [6.45, 7) is -0.149. The number of rotatable bonds is 4. The van der Waals surface area contributed by atoms with Crippen molar-refractivity contribution in [1.29, 1.82) is 0 Å². The summed E-state index contributed by atoms with van der Waals surface area (Å²) >= 11 is 9.03. The van der Waals surface area contributed by atoms with Crippen molar-refractivity contribution in [2.75, 3.05) is 4.72 Å². The minimum Gasteiger partial charge on any atom is -0.326 e. The topological polar surface area (TPSA) is 72.2 Å². The first kappa shape index (κ1) is 16.2. The zero-order valence-electron chi connectivity index (χ0n) is 10.6. The molecule has 3 N–H and O–H groups in total. The van der Waals surface area contributed by atoms with Gasteiger partial charge in [0.25, 0.3) is 10.0 Å². The molecule has 0 radical (unpaired) electrons. The monoisotopic (exact) mass is 392 g/mol. The Kier molecular flexibility index (Phi) is 4.88. The number of sulfonamides is 1. The third-order valence-corrected chi connectivity index (χ3v) is 4.98. The number of anilines is 1. The number of hydrogen-bond donors (Lipinski definition) is 2. The highest BCUT2D eigenvalue weighted by Gasteiger charge is 2.23. The van der Waals surface area contributed by atoms with Gasteiger partial charge in [0.15, 0.2) is 0 Å². The van der Waals surface area contributed by atoms with Crippen molar-refractivity contribution in [1.82, 2.24) is 0 Å². The molecule has 0 saturated heterocycles. The highest BCUT2D eigenvalue weighted by Crippen LogP contribution is 2.28. The first-order valence-corrected chi connectivity index (χ1v) is 8.46. The molecule has 21 heavy (non-hydrogen) atoms. The van der Waals surface area contributed by atoms with E-state index in [0.717, 1.165) is 6.07 Å². The number of para-hydroxylation sites is 1. The number of hydrogen-bond acceptors (Lipinski definition) is 3. The lowest BCUT2D eigenvalue weighted by Gasteiger charge is -2.12. The lowest BCUT2D eigenvalue weighted by molar-refractivity contribution is 0.561. The van der Waals surface area contributed by atoms with Crippen LogP contribution in [0.25, 0.3) is 0 Å². The van der Waals surface area contributed by atoms with Crippen LogP contribution in [0.1, 0.15) is 5.56 Å². The van der Waals surface area contributed by atoms with E-state index in [0.29, 0.717) is 10.2 Å². The van der Waals surface area contributed by atoms with Gasteiger partial charge in [-0.05, 0) is 40.2 Å². The van der Waals surface area contributed by atoms with E-state index in [1.807, 2.05) is 0 Å². The van der Waals surface area contributed by atoms with Crippen molar-refractivity contribution in [3.63, 3.8) is 0 Å². The minimum atomic E-state index is -4.12. The molecular formula is C13H11BrClFN2O2S. The molecule has 2 aromatic rings. The Hall–Kier alpha value is -1.15. The van der Waals surface area contributed by atoms with Gasteiger partial charge < -0.3 is 5.73 Å². The molecule has 4 nitrogen and oxygen atoms in total. The van der Waals surface area contributed by atoms with Crippen molar-refractivity contribution in [3.8, 4) is 0 Å². The molecule has 0 aromatic heterocycles. The second-order valence-electron chi connectivity index (χ2n) is 4.17. The van der Waals surface area contributed by atoms with E-state index in [2.05, 4.69) is 20.7 Å². The predicted octanol–water partition coefficient (Wildman–Crippen LogP) is 3.50. The molecule has 2 aromatic carbocycles. The summed E-state index contributed by atoms with van der Waals surface area (Å²) in [5.41, 5.74) is 5.72. The molecule has 0 heterocycles. The smallest absolute Gasteiger partial charge is 0.264 e. The van der Waals surface area contributed by atoms with Crippen LogP contribution >= 0.6 is 27.5 Å². The molecule has 0 amide bonds. The lowest BCUT2D eigenvalue weighted by atomic mass is 10.2. The molecule has 0 fully saturated rings. The molecule has 0 aliphatic rings. The normalized spacial score (nSPS) is 11.4. The van der Waals surface area contributed by atoms with E-state index in [-0.39, 0.29) is 17.1 Å². The molecule has 0 spiro atoms. The van der Waals surface area contributed by atoms with E-state index in [1.165, 1.54) is 6.07 Å². The Balaban J connectivity index is 2.50. The Labute approximate surface area is 135 Å². The summed E-state index contributed by atoms with van der Waals surface area (Å²) in [6, 6.07) is 8.95. The van der Waals surface area contributed by atoms with Crippen LogP contribution in [0.2, 0.25) is 5.02 Å². The number of benzene rings is 2. The molecule has 0 aliphatic heterocycles. The lowest BCUT2D eigenvalue weighted by Crippen LogP contribution is -2.16. The average molecular weight is 394 g/mol. The maximum Gasteiger partial charge on any atom is 0.264 e. The molecular weight excluding hydrogens is 383 g/mol. The maximum absolute atomic E-state index is 14.2. The quantitative estimate of drug-likeness (QED) is 0.835. The fraction of sp³-hybridized carbons (Fsp3) is 0.0769. The van der Waals surface area contributed by atoms with Crippen LogP contribution in [-0.2, 0) is 16.6 Å². The van der Waals surface area contributed by atoms with Crippen molar-refractivity contribution in [2.45, 2.75) is 11.4 Å². The number of nitrogens with one attached hydrogen (secondary N) is 1. The molecule has 0 saturated carbocycles. The standard InChI is InChI=1S/C13H11BrClFN2O2S/c14-10-3-1-2-4-11(10)18-21(19,20)12-6-9(15)5-8(7-17)13(12)16/h1-6,18H,7,17H2. The SMILES string of the molecule is NCc1cc(Cl)cc(S(=O)(=O)Nc2ccccc2Br)c1F. The Morgan fingerprint density at radius 1 is 1.29 bits per heavy atom. The van der Waals surface area contributed by atoms with Gasteiger partial charge in [-0.1, -0.05) is 23.7 Å². The highest BCUT2D eigenvalue weighted by molar-refractivity contribution is 9.10. The second kappa shape index (κ2) is 6.31. The zero-order valence-corrected chi connectivity index (χ0v) is 13.8. The second-order valence-corrected chi connectivity index (χ2v) is 7.11. The Bertz CT molecular complexity index is 784. The van der Waals surface area contributed by atoms with Gasteiger partial charge in [-0.3, -0.25) is 4.72 Å². The molecule has 0 bridgehead atoms. The van der Waals surface area contributed by atoms with Gasteiger partial charge in [-0.25, -0.2) is 12.8 Å². The van der Waals surface area contributed by atoms with Crippen molar-refractivity contribution in [3.05, 3.63) is 57.3 Å². The molecule has 0 aliphatic carbocycles. The molecule has 2 rings (SSSR count). The number of halogens is 3. The van der Waals surface area contributed by atoms with Crippen LogP contribution in [0.3, 0.4) is 0 Å². The van der Waals surface area contributed by atoms with Gasteiger partial charge in [0.05, 0.1) is 5.69 Å². The van der Waals surface area contributed by atoms with Crippen molar-refractivity contribution >= 4 is 43.2 Å². The van der Waals surface area contributed by atoms with Gasteiger partial charge in [0, 0.05) is 21.6 Å². The largest absolute Gasteiger partial charge is 0.326 e. The molecule has 0 unspecified atom stereocenters. The summed E-state index contributed by atoms with van der Waals surface area (Å²) in [5.74, 6) is -0.901. The van der Waals surface area contributed by atoms with Crippen LogP contribution in [-0.4, -0.2) is 8.42 Å². The fourth-order valence-corrected chi connectivity index (χ4v) is 3.75. The third-order valence-electron chi connectivity index (χ3n) is 2.71. The minimum absolute atomic E-state index is 0.0370. The zero-order chi connectivity index (χ0) is 15.6. The molecule has 112 valence electrons. The Morgan fingerprint density at radius 2 is 1.95 bits per heavy atom. The van der Waals surface area contributed by atoms with Crippen LogP contribution in [0.4, 0.5) is 10.1 Å². The van der Waals surface area contributed by atoms with Gasteiger partial charge in [0.2, 0.25) is 0 Å². The van der Waals surface area contributed by atoms with Gasteiger partial charge >= 0.3 is 0 Å². The van der Waals surface area contributed by atoms with Gasteiger partial charge in [-0.2, -0.15) is 0 Å². The summed E-state index contributed by atoms with van der Waals surface area (Å²) in [6.07, 6.45) is 0. The predicted molar refractivity (Wildman–Crippen MR) is 84.3 cm³/mol. The van der Waals surface area contributed by atoms with Crippen LogP contribution in [0.5, 0.6) is 0 Å². The van der Waals surface area contributed by atoms with Crippen LogP contribution < -0.4 is 10.5 Å². The fourth-order valence-electron chi connectivity index (χ4n) is 1.71. The van der Waals surface area contributed by atoms with Crippen LogP contribution in [0, 0.1) is 5.82 Å². The Morgan fingerprint density at radius 3 is 2.57 bits per heavy atom. The van der Waals surface area contributed by atoms with E-state index in [9.17, 15) is 12.8 Å². The van der Waals surface area contributed by atoms with Crippen molar-refractivity contribution < 1.29 is 12.8 Å². The van der Waals surface area contributed by atoms with E-state index in [4.69, 9.17) is 17.3 Å². The average Bonchev–Trinajstić information content (AvgIpc) is 2.43. The highest BCUT2D eigenvalue weighted by atomic mass is 79.9. The third kappa shape index (κ3) is 3.55. The molecule has 8 heteroatoms. The molecule has 0 atom stereocenters. The maximum atomic E-state index is 14.2. The van der Waals surface area contributed by atoms with E-state index >= 15 is 0 Å². The summed E-state index contributed by atoms with van der Waals surface area (Å²) < 4.78 is 41.7. The van der Waals surface area contributed by atoms with Gasteiger partial charge in [-0.15, -0.1) is 0 Å². The van der Waals surface area contributed by atoms with Crippen LogP contribution in [0.15, 0.2) is 45.8 Å².